The Kier molecular flexibility index (Phi) is 3.02. The topological polar surface area (TPSA) is 40.1 Å². The molecular weight excluding hydrogens is 203 g/mol. The lowest BCUT2D eigenvalue weighted by atomic mass is 10.4. The number of ether oxygens (including phenoxy) is 1. The number of hydrazone groups is 1. The minimum absolute atomic E-state index is 0.522. The average molecular weight is 211 g/mol. The Balaban J connectivity index is 2.71. The highest BCUT2D eigenvalue weighted by molar-refractivity contribution is 6.33. The fourth-order valence-corrected chi connectivity index (χ4v) is 0.843. The molecule has 0 spiro atoms. The van der Waals surface area contributed by atoms with E-state index in [1.165, 1.54) is 7.11 Å². The molecule has 0 saturated carbocycles. The molecule has 0 saturated heterocycles. The first-order valence-electron chi connectivity index (χ1n) is 3.12. The van der Waals surface area contributed by atoms with Gasteiger partial charge in [0.25, 0.3) is 0 Å². The van der Waals surface area contributed by atoms with E-state index in [1.807, 2.05) is 0 Å². The molecule has 1 N–H and O–H groups in total. The van der Waals surface area contributed by atoms with Crippen molar-refractivity contribution in [1.82, 2.24) is 14.7 Å². The Morgan fingerprint density at radius 1 is 1.67 bits per heavy atom. The van der Waals surface area contributed by atoms with Gasteiger partial charge in [-0.3, -0.25) is 0 Å². The van der Waals surface area contributed by atoms with Gasteiger partial charge in [-0.15, -0.1) is 5.10 Å². The number of hydrogen-bond acceptors (Lipinski definition) is 5. The van der Waals surface area contributed by atoms with E-state index in [4.69, 9.17) is 28.3 Å². The van der Waals surface area contributed by atoms with Crippen LogP contribution in [0, 0.1) is 0 Å². The van der Waals surface area contributed by atoms with Crippen LogP contribution in [0.5, 0.6) is 0 Å². The predicted octanol–water partition coefficient (Wildman–Crippen LogP) is 1.19. The van der Waals surface area contributed by atoms with Crippen LogP contribution in [0.15, 0.2) is 17.1 Å². The normalized spacial score (nSPS) is 16.9. The second-order valence-corrected chi connectivity index (χ2v) is 2.88. The van der Waals surface area contributed by atoms with Crippen molar-refractivity contribution in [3.8, 4) is 0 Å². The molecule has 0 aromatic carbocycles. The number of allylic oxidation sites excluding steroid dienone is 1. The Morgan fingerprint density at radius 2 is 2.33 bits per heavy atom. The first-order valence-corrected chi connectivity index (χ1v) is 3.80. The molecule has 68 valence electrons. The van der Waals surface area contributed by atoms with E-state index in [0.29, 0.717) is 5.88 Å². The number of halogens is 2. The first-order chi connectivity index (χ1) is 5.63. The third-order valence-corrected chi connectivity index (χ3v) is 1.45. The van der Waals surface area contributed by atoms with Gasteiger partial charge in [-0.1, -0.05) is 5.23 Å². The van der Waals surface area contributed by atoms with Crippen molar-refractivity contribution < 1.29 is 4.74 Å². The molecule has 0 unspecified atom stereocenters. The van der Waals surface area contributed by atoms with Crippen LogP contribution < -0.4 is 5.43 Å². The Labute approximate surface area is 80.3 Å². The van der Waals surface area contributed by atoms with Crippen molar-refractivity contribution in [1.29, 1.82) is 0 Å². The van der Waals surface area contributed by atoms with Crippen LogP contribution in [0.25, 0.3) is 0 Å². The van der Waals surface area contributed by atoms with Gasteiger partial charge >= 0.3 is 0 Å². The maximum Gasteiger partial charge on any atom is 0.210 e. The SMILES string of the molecule is COC1=CC(C)=NN(N(Cl)Cl)N1. The summed E-state index contributed by atoms with van der Waals surface area (Å²) in [6.45, 7) is 1.80. The van der Waals surface area contributed by atoms with Gasteiger partial charge in [-0.25, -0.2) is 5.43 Å². The molecule has 0 fully saturated rings. The van der Waals surface area contributed by atoms with Gasteiger partial charge in [-0.05, 0) is 11.0 Å². The minimum atomic E-state index is 0.522. The highest BCUT2D eigenvalue weighted by Gasteiger charge is 2.14. The zero-order valence-corrected chi connectivity index (χ0v) is 8.10. The average Bonchev–Trinajstić information content (AvgIpc) is 2.03. The van der Waals surface area contributed by atoms with Gasteiger partial charge in [0.05, 0.1) is 12.8 Å². The van der Waals surface area contributed by atoms with E-state index in [2.05, 4.69) is 10.5 Å². The van der Waals surface area contributed by atoms with Crippen molar-refractivity contribution in [3.63, 3.8) is 0 Å². The van der Waals surface area contributed by atoms with Crippen LogP contribution in [-0.4, -0.2) is 22.1 Å². The quantitative estimate of drug-likeness (QED) is 0.696. The Morgan fingerprint density at radius 3 is 2.83 bits per heavy atom. The molecule has 0 aromatic heterocycles. The number of nitrogens with one attached hydrogen (secondary N) is 1. The van der Waals surface area contributed by atoms with Gasteiger partial charge < -0.3 is 4.74 Å². The molecule has 12 heavy (non-hydrogen) atoms. The summed E-state index contributed by atoms with van der Waals surface area (Å²) in [6, 6.07) is 0. The maximum absolute atomic E-state index is 5.42. The van der Waals surface area contributed by atoms with Crippen molar-refractivity contribution in [3.05, 3.63) is 12.0 Å². The number of nitrogens with zero attached hydrogens (tertiary/aromatic N) is 3. The van der Waals surface area contributed by atoms with Crippen LogP contribution in [0.2, 0.25) is 0 Å². The van der Waals surface area contributed by atoms with Gasteiger partial charge in [0.1, 0.15) is 0 Å². The summed E-state index contributed by atoms with van der Waals surface area (Å²) in [5.41, 5.74) is 3.41. The lowest BCUT2D eigenvalue weighted by Crippen LogP contribution is -2.41. The lowest BCUT2D eigenvalue weighted by molar-refractivity contribution is 0.0534. The van der Waals surface area contributed by atoms with Crippen molar-refractivity contribution in [2.45, 2.75) is 6.92 Å². The number of hydrazine groups is 2. The number of hydrogen-bond donors (Lipinski definition) is 1. The monoisotopic (exact) mass is 210 g/mol. The Hall–Kier alpha value is -0.650. The van der Waals surface area contributed by atoms with Gasteiger partial charge in [0.15, 0.2) is 0 Å². The standard InChI is InChI=1S/C5H8Cl2N4O/c1-4-3-5(12-2)9-11(8-4)10(6)7/h3,9H,1-2H3. The van der Waals surface area contributed by atoms with E-state index in [-0.39, 0.29) is 0 Å². The zero-order valence-electron chi connectivity index (χ0n) is 6.58. The van der Waals surface area contributed by atoms with Gasteiger partial charge in [-0.2, -0.15) is 0 Å². The predicted molar refractivity (Wildman–Crippen MR) is 46.7 cm³/mol. The Bertz CT molecular complexity index is 227. The highest BCUT2D eigenvalue weighted by atomic mass is 35.5. The van der Waals surface area contributed by atoms with Crippen molar-refractivity contribution >= 4 is 29.3 Å². The molecule has 1 aliphatic heterocycles. The van der Waals surface area contributed by atoms with Crippen LogP contribution in [-0.2, 0) is 4.74 Å². The molecule has 0 bridgehead atoms. The summed E-state index contributed by atoms with van der Waals surface area (Å²) in [4.78, 5) is 0. The summed E-state index contributed by atoms with van der Waals surface area (Å²) in [5.74, 6) is 0.522. The van der Waals surface area contributed by atoms with Gasteiger partial charge in [0.2, 0.25) is 5.88 Å². The van der Waals surface area contributed by atoms with Gasteiger partial charge in [0, 0.05) is 29.6 Å². The highest BCUT2D eigenvalue weighted by Crippen LogP contribution is 2.10. The maximum atomic E-state index is 5.42. The van der Waals surface area contributed by atoms with Crippen LogP contribution in [0.3, 0.4) is 0 Å². The molecule has 0 amide bonds. The van der Waals surface area contributed by atoms with E-state index in [1.54, 1.807) is 13.0 Å². The summed E-state index contributed by atoms with van der Waals surface area (Å²) in [7, 11) is 1.53. The molecule has 5 nitrogen and oxygen atoms in total. The molecule has 0 aliphatic carbocycles. The molecular formula is C5H8Cl2N4O. The molecule has 7 heteroatoms. The van der Waals surface area contributed by atoms with Crippen molar-refractivity contribution in [2.24, 2.45) is 5.10 Å². The molecule has 0 atom stereocenters. The smallest absolute Gasteiger partial charge is 0.210 e. The number of rotatable bonds is 2. The second kappa shape index (κ2) is 3.84. The molecule has 1 heterocycles. The number of methoxy groups -OCH3 is 1. The fraction of sp³-hybridized carbons (Fsp3) is 0.400. The molecule has 1 aliphatic rings. The van der Waals surface area contributed by atoms with Crippen LogP contribution in [0.1, 0.15) is 6.92 Å². The minimum Gasteiger partial charge on any atom is -0.481 e. The molecule has 1 rings (SSSR count). The first kappa shape index (κ1) is 9.44. The third kappa shape index (κ3) is 2.17. The van der Waals surface area contributed by atoms with E-state index in [9.17, 15) is 0 Å². The fourth-order valence-electron chi connectivity index (χ4n) is 0.700. The molecule has 0 radical (unpaired) electrons. The summed E-state index contributed by atoms with van der Waals surface area (Å²) < 4.78 is 5.68. The lowest BCUT2D eigenvalue weighted by Gasteiger charge is -2.25. The zero-order chi connectivity index (χ0) is 9.14. The molecule has 0 aromatic rings. The van der Waals surface area contributed by atoms with E-state index < -0.39 is 0 Å². The largest absolute Gasteiger partial charge is 0.481 e. The second-order valence-electron chi connectivity index (χ2n) is 2.07. The van der Waals surface area contributed by atoms with Crippen LogP contribution >= 0.6 is 23.6 Å². The van der Waals surface area contributed by atoms with Crippen molar-refractivity contribution in [2.75, 3.05) is 7.11 Å². The van der Waals surface area contributed by atoms with E-state index >= 15 is 0 Å². The van der Waals surface area contributed by atoms with Crippen LogP contribution in [0.4, 0.5) is 0 Å². The van der Waals surface area contributed by atoms with E-state index in [0.717, 1.165) is 15.0 Å². The summed E-state index contributed by atoms with van der Waals surface area (Å²) >= 11 is 10.8. The third-order valence-electron chi connectivity index (χ3n) is 1.17. The summed E-state index contributed by atoms with van der Waals surface area (Å²) in [6.07, 6.45) is 1.72. The summed E-state index contributed by atoms with van der Waals surface area (Å²) in [5, 5.41) is 5.06.